The number of aliphatic hydroxyl groups is 1. The van der Waals surface area contributed by atoms with Crippen LogP contribution in [-0.2, 0) is 19.0 Å². The normalized spacial score (nSPS) is 39.6. The molecule has 0 aromatic rings. The highest BCUT2D eigenvalue weighted by Crippen LogP contribution is 2.52. The predicted molar refractivity (Wildman–Crippen MR) is 58.8 cm³/mol. The number of hydrogen-bond acceptors (Lipinski definition) is 5. The minimum absolute atomic E-state index is 0.185. The Morgan fingerprint density at radius 3 is 2.94 bits per heavy atom. The summed E-state index contributed by atoms with van der Waals surface area (Å²) in [5.41, 5.74) is -0.898. The molecule has 5 heteroatoms. The number of carbonyl (C=O) groups is 1. The van der Waals surface area contributed by atoms with Crippen LogP contribution < -0.4 is 0 Å². The molecule has 5 nitrogen and oxygen atoms in total. The Hall–Kier alpha value is -1.07. The molecule has 4 atom stereocenters. The van der Waals surface area contributed by atoms with Crippen molar-refractivity contribution in [1.29, 1.82) is 0 Å². The Balaban J connectivity index is 2.34. The summed E-state index contributed by atoms with van der Waals surface area (Å²) in [6, 6.07) is 0. The molecule has 1 heterocycles. The number of esters is 1. The Morgan fingerprint density at radius 2 is 2.35 bits per heavy atom. The van der Waals surface area contributed by atoms with E-state index < -0.39 is 11.7 Å². The lowest BCUT2D eigenvalue weighted by molar-refractivity contribution is -0.188. The van der Waals surface area contributed by atoms with E-state index in [1.165, 1.54) is 7.11 Å². The summed E-state index contributed by atoms with van der Waals surface area (Å²) in [6.45, 7) is -0.238. The molecule has 0 bridgehead atoms. The maximum Gasteiger partial charge on any atom is 0.314 e. The van der Waals surface area contributed by atoms with Gasteiger partial charge in [-0.2, -0.15) is 0 Å². The van der Waals surface area contributed by atoms with Gasteiger partial charge in [0.15, 0.2) is 0 Å². The van der Waals surface area contributed by atoms with E-state index in [1.807, 2.05) is 6.08 Å². The fourth-order valence-electron chi connectivity index (χ4n) is 3.06. The topological polar surface area (TPSA) is 65.0 Å². The van der Waals surface area contributed by atoms with Crippen LogP contribution in [0.4, 0.5) is 0 Å². The lowest BCUT2D eigenvalue weighted by atomic mass is 9.74. The second kappa shape index (κ2) is 4.66. The van der Waals surface area contributed by atoms with Crippen molar-refractivity contribution < 1.29 is 24.1 Å². The van der Waals surface area contributed by atoms with E-state index in [9.17, 15) is 9.90 Å². The first-order valence-electron chi connectivity index (χ1n) is 5.74. The number of methoxy groups -OCH3 is 2. The van der Waals surface area contributed by atoms with Gasteiger partial charge in [-0.05, 0) is 24.8 Å². The van der Waals surface area contributed by atoms with Crippen molar-refractivity contribution in [2.24, 2.45) is 17.3 Å². The highest BCUT2D eigenvalue weighted by molar-refractivity contribution is 5.78. The molecule has 0 aromatic carbocycles. The summed E-state index contributed by atoms with van der Waals surface area (Å²) in [5, 5.41) is 9.63. The number of allylic oxidation sites excluding steroid dienone is 1. The van der Waals surface area contributed by atoms with E-state index in [-0.39, 0.29) is 24.4 Å². The average molecular weight is 242 g/mol. The maximum absolute atomic E-state index is 12.0. The van der Waals surface area contributed by atoms with E-state index in [4.69, 9.17) is 14.2 Å². The Morgan fingerprint density at radius 1 is 1.59 bits per heavy atom. The van der Waals surface area contributed by atoms with Gasteiger partial charge in [0, 0.05) is 13.0 Å². The first-order chi connectivity index (χ1) is 8.19. The van der Waals surface area contributed by atoms with Crippen molar-refractivity contribution in [3.63, 3.8) is 0 Å². The standard InChI is InChI=1S/C12H18O5/c1-15-10-9-8(4-6-17-10)3-5-12(9,7-13)11(14)16-2/h4,6,8-10,13H,3,5,7H2,1-2H3. The predicted octanol–water partition coefficient (Wildman–Crippen LogP) is 0.681. The Bertz CT molecular complexity index is 327. The lowest BCUT2D eigenvalue weighted by Crippen LogP contribution is -2.48. The van der Waals surface area contributed by atoms with Crippen LogP contribution in [0.5, 0.6) is 0 Å². The largest absolute Gasteiger partial charge is 0.473 e. The molecular formula is C12H18O5. The number of rotatable bonds is 3. The van der Waals surface area contributed by atoms with Crippen molar-refractivity contribution in [2.45, 2.75) is 19.1 Å². The lowest BCUT2D eigenvalue weighted by Gasteiger charge is -2.38. The number of aliphatic hydroxyl groups excluding tert-OH is 1. The first-order valence-corrected chi connectivity index (χ1v) is 5.74. The van der Waals surface area contributed by atoms with E-state index in [2.05, 4.69) is 0 Å². The molecule has 0 amide bonds. The molecule has 1 saturated carbocycles. The number of hydrogen-bond donors (Lipinski definition) is 1. The first kappa shape index (κ1) is 12.4. The highest BCUT2D eigenvalue weighted by atomic mass is 16.7. The molecule has 2 aliphatic rings. The molecule has 0 saturated heterocycles. The minimum Gasteiger partial charge on any atom is -0.473 e. The number of fused-ring (bicyclic) bond motifs is 1. The summed E-state index contributed by atoms with van der Waals surface area (Å²) < 4.78 is 15.5. The molecule has 2 rings (SSSR count). The summed E-state index contributed by atoms with van der Waals surface area (Å²) in [5.74, 6) is -0.372. The second-order valence-electron chi connectivity index (χ2n) is 4.60. The molecule has 0 aromatic heterocycles. The zero-order valence-corrected chi connectivity index (χ0v) is 10.1. The van der Waals surface area contributed by atoms with Crippen LogP contribution in [0.3, 0.4) is 0 Å². The van der Waals surface area contributed by atoms with E-state index in [0.29, 0.717) is 6.42 Å². The molecule has 96 valence electrons. The van der Waals surface area contributed by atoms with Crippen molar-refractivity contribution in [3.8, 4) is 0 Å². The van der Waals surface area contributed by atoms with E-state index >= 15 is 0 Å². The van der Waals surface area contributed by atoms with Crippen LogP contribution in [0, 0.1) is 17.3 Å². The van der Waals surface area contributed by atoms with Crippen molar-refractivity contribution in [3.05, 3.63) is 12.3 Å². The summed E-state index contributed by atoms with van der Waals surface area (Å²) in [7, 11) is 2.88. The third-order valence-corrected chi connectivity index (χ3v) is 3.96. The quantitative estimate of drug-likeness (QED) is 0.737. The van der Waals surface area contributed by atoms with Crippen LogP contribution in [0.25, 0.3) is 0 Å². The molecule has 1 fully saturated rings. The molecule has 1 N–H and O–H groups in total. The molecule has 0 radical (unpaired) electrons. The van der Waals surface area contributed by atoms with Crippen LogP contribution in [-0.4, -0.2) is 38.2 Å². The van der Waals surface area contributed by atoms with Gasteiger partial charge in [-0.25, -0.2) is 0 Å². The maximum atomic E-state index is 12.0. The van der Waals surface area contributed by atoms with Crippen LogP contribution in [0.15, 0.2) is 12.3 Å². The summed E-state index contributed by atoms with van der Waals surface area (Å²) in [4.78, 5) is 12.0. The van der Waals surface area contributed by atoms with E-state index in [1.54, 1.807) is 13.4 Å². The van der Waals surface area contributed by atoms with Gasteiger partial charge in [0.2, 0.25) is 6.29 Å². The Labute approximate surface area is 100 Å². The van der Waals surface area contributed by atoms with Crippen molar-refractivity contribution >= 4 is 5.97 Å². The van der Waals surface area contributed by atoms with Crippen molar-refractivity contribution in [2.75, 3.05) is 20.8 Å². The third-order valence-electron chi connectivity index (χ3n) is 3.96. The zero-order valence-electron chi connectivity index (χ0n) is 10.1. The van der Waals surface area contributed by atoms with Gasteiger partial charge in [-0.15, -0.1) is 0 Å². The highest BCUT2D eigenvalue weighted by Gasteiger charge is 2.58. The SMILES string of the molecule is COC(=O)C1(CO)CCC2C=COC(OC)C21. The smallest absolute Gasteiger partial charge is 0.314 e. The fourth-order valence-corrected chi connectivity index (χ4v) is 3.06. The van der Waals surface area contributed by atoms with Gasteiger partial charge in [-0.3, -0.25) is 4.79 Å². The summed E-state index contributed by atoms with van der Waals surface area (Å²) >= 11 is 0. The Kier molecular flexibility index (Phi) is 3.40. The average Bonchev–Trinajstić information content (AvgIpc) is 2.77. The third kappa shape index (κ3) is 1.73. The summed E-state index contributed by atoms with van der Waals surface area (Å²) in [6.07, 6.45) is 4.47. The minimum atomic E-state index is -0.898. The monoisotopic (exact) mass is 242 g/mol. The molecule has 1 aliphatic heterocycles. The number of carbonyl (C=O) groups excluding carboxylic acids is 1. The molecule has 4 unspecified atom stereocenters. The zero-order chi connectivity index (χ0) is 12.5. The molecular weight excluding hydrogens is 224 g/mol. The van der Waals surface area contributed by atoms with Gasteiger partial charge in [0.05, 0.1) is 20.0 Å². The van der Waals surface area contributed by atoms with Gasteiger partial charge in [-0.1, -0.05) is 0 Å². The second-order valence-corrected chi connectivity index (χ2v) is 4.60. The van der Waals surface area contributed by atoms with Gasteiger partial charge >= 0.3 is 5.97 Å². The fraction of sp³-hybridized carbons (Fsp3) is 0.750. The van der Waals surface area contributed by atoms with Gasteiger partial charge in [0.1, 0.15) is 5.41 Å². The molecule has 17 heavy (non-hydrogen) atoms. The van der Waals surface area contributed by atoms with Crippen molar-refractivity contribution in [1.82, 2.24) is 0 Å². The number of ether oxygens (including phenoxy) is 3. The van der Waals surface area contributed by atoms with Crippen LogP contribution in [0.2, 0.25) is 0 Å². The van der Waals surface area contributed by atoms with Crippen LogP contribution in [0.1, 0.15) is 12.8 Å². The van der Waals surface area contributed by atoms with Crippen LogP contribution >= 0.6 is 0 Å². The molecule has 0 spiro atoms. The van der Waals surface area contributed by atoms with Gasteiger partial charge in [0.25, 0.3) is 0 Å². The molecule has 1 aliphatic carbocycles. The van der Waals surface area contributed by atoms with E-state index in [0.717, 1.165) is 6.42 Å². The van der Waals surface area contributed by atoms with Gasteiger partial charge < -0.3 is 19.3 Å².